The lowest BCUT2D eigenvalue weighted by molar-refractivity contribution is -0.311. The van der Waals surface area contributed by atoms with E-state index in [9.17, 15) is 29.5 Å². The van der Waals surface area contributed by atoms with Gasteiger partial charge in [-0.15, -0.1) is 0 Å². The van der Waals surface area contributed by atoms with Gasteiger partial charge in [0.2, 0.25) is 0 Å². The Balaban J connectivity index is 1.27. The van der Waals surface area contributed by atoms with Crippen LogP contribution in [0, 0.1) is 17.8 Å². The molecule has 2 saturated heterocycles. The van der Waals surface area contributed by atoms with Crippen molar-refractivity contribution < 1.29 is 61.9 Å². The number of esters is 4. The first kappa shape index (κ1) is 53.2. The van der Waals surface area contributed by atoms with Crippen molar-refractivity contribution in [1.29, 1.82) is 0 Å². The number of ether oxygens (including phenoxy) is 8. The molecule has 2 aliphatic heterocycles. The number of carbonyl (C=O) groups is 5. The number of nitrogens with zero attached hydrogens (tertiary/aromatic N) is 3. The van der Waals surface area contributed by atoms with E-state index in [1.807, 2.05) is 27.7 Å². The van der Waals surface area contributed by atoms with Crippen molar-refractivity contribution in [2.75, 3.05) is 6.61 Å². The molecule has 4 aromatic rings. The van der Waals surface area contributed by atoms with Crippen molar-refractivity contribution in [1.82, 2.24) is 5.32 Å². The van der Waals surface area contributed by atoms with E-state index < -0.39 is 104 Å². The molecular formula is C55H64N4O13. The molecule has 17 nitrogen and oxygen atoms in total. The number of azide groups is 1. The highest BCUT2D eigenvalue weighted by atomic mass is 16.7. The number of rotatable bonds is 19. The Bertz CT molecular complexity index is 2460. The Hall–Kier alpha value is -6.62. The molecule has 6 unspecified atom stereocenters. The van der Waals surface area contributed by atoms with Crippen LogP contribution in [0.5, 0.6) is 0 Å². The van der Waals surface area contributed by atoms with Crippen LogP contribution in [0.15, 0.2) is 126 Å². The van der Waals surface area contributed by atoms with Gasteiger partial charge in [0, 0.05) is 16.7 Å². The maximum Gasteiger partial charge on any atom is 0.338 e. The number of hydrogen-bond acceptors (Lipinski definition) is 14. The van der Waals surface area contributed by atoms with E-state index in [0.29, 0.717) is 6.42 Å². The van der Waals surface area contributed by atoms with E-state index in [2.05, 4.69) is 15.3 Å². The zero-order valence-electron chi connectivity index (χ0n) is 41.2. The van der Waals surface area contributed by atoms with Crippen molar-refractivity contribution in [3.63, 3.8) is 0 Å². The summed E-state index contributed by atoms with van der Waals surface area (Å²) in [5.74, 6) is -4.77. The zero-order chi connectivity index (χ0) is 51.1. The summed E-state index contributed by atoms with van der Waals surface area (Å²) in [6, 6.07) is 31.1. The van der Waals surface area contributed by atoms with Gasteiger partial charge in [0.15, 0.2) is 24.8 Å². The number of hydrogen-bond donors (Lipinski definition) is 1. The molecule has 1 amide bonds. The third-order valence-electron chi connectivity index (χ3n) is 13.5. The van der Waals surface area contributed by atoms with Crippen molar-refractivity contribution in [3.8, 4) is 0 Å². The van der Waals surface area contributed by atoms with E-state index in [4.69, 9.17) is 37.9 Å². The molecule has 382 valence electrons. The number of benzene rings is 4. The molecular weight excluding hydrogens is 925 g/mol. The SMILES string of the molecule is CCC[C@H](OC(=O)c1ccccc1)C(=O)N[C@@H]1C[C@H](C)C(O[C@@H]2OC(CC)CCC2C)C(N=[N+]=[N-])[C@@H]1O[C@@H]1OC(COC(=O)c2ccccc2)[C@H](OC(=O)c2ccccc2)[C@H](C)C1OC(=O)c1ccccc1. The zero-order valence-corrected chi connectivity index (χ0v) is 41.2. The molecule has 7 rings (SSSR count). The fourth-order valence-electron chi connectivity index (χ4n) is 9.50. The first-order valence-electron chi connectivity index (χ1n) is 24.9. The minimum absolute atomic E-state index is 0.0168. The largest absolute Gasteiger partial charge is 0.459 e. The minimum Gasteiger partial charge on any atom is -0.459 e. The molecule has 14 atom stereocenters. The molecule has 72 heavy (non-hydrogen) atoms. The van der Waals surface area contributed by atoms with Crippen LogP contribution in [-0.4, -0.2) is 104 Å². The molecule has 3 aliphatic rings. The van der Waals surface area contributed by atoms with Crippen LogP contribution in [0.25, 0.3) is 10.4 Å². The predicted octanol–water partition coefficient (Wildman–Crippen LogP) is 9.21. The van der Waals surface area contributed by atoms with Gasteiger partial charge in [-0.1, -0.05) is 119 Å². The lowest BCUT2D eigenvalue weighted by Crippen LogP contribution is -2.65. The van der Waals surface area contributed by atoms with Crippen LogP contribution < -0.4 is 5.32 Å². The molecule has 17 heteroatoms. The summed E-state index contributed by atoms with van der Waals surface area (Å²) in [5.41, 5.74) is 11.3. The smallest absolute Gasteiger partial charge is 0.338 e. The minimum atomic E-state index is -1.55. The summed E-state index contributed by atoms with van der Waals surface area (Å²) in [4.78, 5) is 72.5. The Morgan fingerprint density at radius 1 is 0.653 bits per heavy atom. The van der Waals surface area contributed by atoms with Crippen molar-refractivity contribution in [2.24, 2.45) is 22.9 Å². The number of nitrogens with one attached hydrogen (secondary N) is 1. The second-order valence-electron chi connectivity index (χ2n) is 18.7. The second-order valence-corrected chi connectivity index (χ2v) is 18.7. The molecule has 0 radical (unpaired) electrons. The lowest BCUT2D eigenvalue weighted by Gasteiger charge is -2.50. The molecule has 0 bridgehead atoms. The highest BCUT2D eigenvalue weighted by Gasteiger charge is 2.54. The maximum atomic E-state index is 14.5. The summed E-state index contributed by atoms with van der Waals surface area (Å²) in [5, 5.41) is 7.38. The fourth-order valence-corrected chi connectivity index (χ4v) is 9.50. The van der Waals surface area contributed by atoms with Crippen LogP contribution in [0.2, 0.25) is 0 Å². The average Bonchev–Trinajstić information content (AvgIpc) is 3.40. The van der Waals surface area contributed by atoms with Crippen LogP contribution in [0.3, 0.4) is 0 Å². The average molecular weight is 989 g/mol. The maximum absolute atomic E-state index is 14.5. The van der Waals surface area contributed by atoms with Gasteiger partial charge in [0.05, 0.1) is 52.6 Å². The topological polar surface area (TPSA) is 220 Å². The molecule has 1 N–H and O–H groups in total. The van der Waals surface area contributed by atoms with Gasteiger partial charge < -0.3 is 43.2 Å². The molecule has 2 heterocycles. The highest BCUT2D eigenvalue weighted by molar-refractivity contribution is 5.92. The fraction of sp³-hybridized carbons (Fsp3) is 0.473. The monoisotopic (exact) mass is 988 g/mol. The molecule has 0 spiro atoms. The van der Waals surface area contributed by atoms with Crippen LogP contribution in [-0.2, 0) is 42.7 Å². The quantitative estimate of drug-likeness (QED) is 0.0305. The summed E-state index contributed by atoms with van der Waals surface area (Å²) >= 11 is 0. The van der Waals surface area contributed by atoms with Gasteiger partial charge in [0.25, 0.3) is 5.91 Å². The summed E-state index contributed by atoms with van der Waals surface area (Å²) in [7, 11) is 0. The van der Waals surface area contributed by atoms with E-state index >= 15 is 0 Å². The molecule has 3 fully saturated rings. The lowest BCUT2D eigenvalue weighted by atomic mass is 9.78. The Kier molecular flexibility index (Phi) is 19.0. The first-order valence-corrected chi connectivity index (χ1v) is 24.9. The van der Waals surface area contributed by atoms with Crippen LogP contribution >= 0.6 is 0 Å². The molecule has 1 aliphatic carbocycles. The molecule has 0 aromatic heterocycles. The van der Waals surface area contributed by atoms with Gasteiger partial charge in [-0.2, -0.15) is 0 Å². The van der Waals surface area contributed by atoms with Crippen LogP contribution in [0.1, 0.15) is 115 Å². The van der Waals surface area contributed by atoms with Gasteiger partial charge >= 0.3 is 23.9 Å². The van der Waals surface area contributed by atoms with Gasteiger partial charge in [-0.25, -0.2) is 19.2 Å². The van der Waals surface area contributed by atoms with Gasteiger partial charge in [0.1, 0.15) is 18.8 Å². The van der Waals surface area contributed by atoms with E-state index in [0.717, 1.165) is 19.3 Å². The van der Waals surface area contributed by atoms with Crippen molar-refractivity contribution >= 4 is 29.8 Å². The Labute approximate surface area is 419 Å². The normalized spacial score (nSPS) is 28.5. The summed E-state index contributed by atoms with van der Waals surface area (Å²) in [6.07, 6.45) is -6.03. The number of amides is 1. The van der Waals surface area contributed by atoms with Crippen LogP contribution in [0.4, 0.5) is 0 Å². The van der Waals surface area contributed by atoms with E-state index in [-0.39, 0.29) is 53.0 Å². The van der Waals surface area contributed by atoms with Crippen molar-refractivity contribution in [3.05, 3.63) is 154 Å². The van der Waals surface area contributed by atoms with E-state index in [1.54, 1.807) is 128 Å². The summed E-state index contributed by atoms with van der Waals surface area (Å²) < 4.78 is 51.2. The number of carbonyl (C=O) groups excluding carboxylic acids is 5. The van der Waals surface area contributed by atoms with Gasteiger partial charge in [-0.3, -0.25) is 4.79 Å². The Morgan fingerprint density at radius 3 is 1.72 bits per heavy atom. The third-order valence-corrected chi connectivity index (χ3v) is 13.5. The summed E-state index contributed by atoms with van der Waals surface area (Å²) in [6.45, 7) is 9.09. The molecule has 4 aromatic carbocycles. The predicted molar refractivity (Wildman–Crippen MR) is 262 cm³/mol. The highest BCUT2D eigenvalue weighted by Crippen LogP contribution is 2.40. The first-order chi connectivity index (χ1) is 34.9. The van der Waals surface area contributed by atoms with Crippen molar-refractivity contribution in [2.45, 2.75) is 141 Å². The third kappa shape index (κ3) is 13.5. The Morgan fingerprint density at radius 2 is 1.18 bits per heavy atom. The molecule has 1 saturated carbocycles. The standard InChI is InChI=1S/C55H64N4O13/c1-6-20-42(67-51(62)37-23-14-9-15-24-37)49(60)57-41-31-34(4)45(71-54-33(3)29-30-40(7-2)66-54)44(58-59-56)48(41)72-55-47(70-53(64)39-27-18-11-19-28-39)35(5)46(69-52(63)38-25-16-10-17-26-38)43(68-55)32-65-50(61)36-21-12-8-13-22-36/h8-19,21-28,33-35,40-48,54-55H,6-7,20,29-32H2,1-5H3,(H,57,60)/t33?,34-,35-,40?,41+,42-,43?,44?,45?,46+,47?,48+,54-,55-/m0/s1. The van der Waals surface area contributed by atoms with E-state index in [1.165, 1.54) is 0 Å². The second kappa shape index (κ2) is 25.7. The van der Waals surface area contributed by atoms with Gasteiger partial charge in [-0.05, 0) is 92.1 Å².